The summed E-state index contributed by atoms with van der Waals surface area (Å²) in [6, 6.07) is 7.11. The lowest BCUT2D eigenvalue weighted by molar-refractivity contribution is -0.139. The van der Waals surface area contributed by atoms with Gasteiger partial charge in [-0.1, -0.05) is 19.1 Å². The van der Waals surface area contributed by atoms with Gasteiger partial charge in [-0.2, -0.15) is 0 Å². The zero-order valence-corrected chi connectivity index (χ0v) is 11.7. The average Bonchev–Trinajstić information content (AvgIpc) is 2.40. The van der Waals surface area contributed by atoms with E-state index in [0.29, 0.717) is 18.8 Å². The SMILES string of the molecule is CCCOCC(=O)N(CC(N)=O)Cc1ccc(N)cc1. The predicted molar refractivity (Wildman–Crippen MR) is 76.6 cm³/mol. The second kappa shape index (κ2) is 8.16. The van der Waals surface area contributed by atoms with Crippen molar-refractivity contribution in [2.45, 2.75) is 19.9 Å². The first-order valence-electron chi connectivity index (χ1n) is 6.51. The zero-order valence-electron chi connectivity index (χ0n) is 11.7. The molecule has 0 fully saturated rings. The summed E-state index contributed by atoms with van der Waals surface area (Å²) in [6.45, 7) is 2.60. The van der Waals surface area contributed by atoms with E-state index < -0.39 is 5.91 Å². The second-order valence-corrected chi connectivity index (χ2v) is 4.51. The van der Waals surface area contributed by atoms with Crippen LogP contribution in [0, 0.1) is 0 Å². The molecule has 0 saturated heterocycles. The Morgan fingerprint density at radius 3 is 2.45 bits per heavy atom. The molecule has 0 aliphatic heterocycles. The van der Waals surface area contributed by atoms with Crippen molar-refractivity contribution in [2.75, 3.05) is 25.5 Å². The maximum Gasteiger partial charge on any atom is 0.249 e. The van der Waals surface area contributed by atoms with Crippen molar-refractivity contribution in [3.05, 3.63) is 29.8 Å². The Labute approximate surface area is 118 Å². The van der Waals surface area contributed by atoms with Crippen molar-refractivity contribution in [1.82, 2.24) is 4.90 Å². The van der Waals surface area contributed by atoms with E-state index in [1.54, 1.807) is 12.1 Å². The second-order valence-electron chi connectivity index (χ2n) is 4.51. The van der Waals surface area contributed by atoms with Gasteiger partial charge in [-0.05, 0) is 24.1 Å². The molecule has 0 aliphatic carbocycles. The molecule has 0 heterocycles. The molecule has 0 spiro atoms. The highest BCUT2D eigenvalue weighted by atomic mass is 16.5. The van der Waals surface area contributed by atoms with Crippen LogP contribution in [0.15, 0.2) is 24.3 Å². The topological polar surface area (TPSA) is 98.6 Å². The van der Waals surface area contributed by atoms with Crippen molar-refractivity contribution < 1.29 is 14.3 Å². The van der Waals surface area contributed by atoms with E-state index in [2.05, 4.69) is 0 Å². The fraction of sp³-hybridized carbons (Fsp3) is 0.429. The van der Waals surface area contributed by atoms with E-state index in [1.807, 2.05) is 19.1 Å². The van der Waals surface area contributed by atoms with Gasteiger partial charge in [0, 0.05) is 18.8 Å². The van der Waals surface area contributed by atoms with Crippen LogP contribution in [0.1, 0.15) is 18.9 Å². The van der Waals surface area contributed by atoms with E-state index in [9.17, 15) is 9.59 Å². The van der Waals surface area contributed by atoms with Crippen LogP contribution in [0.25, 0.3) is 0 Å². The molecule has 0 saturated carbocycles. The summed E-state index contributed by atoms with van der Waals surface area (Å²) in [6.07, 6.45) is 0.834. The molecule has 1 aromatic carbocycles. The van der Waals surface area contributed by atoms with Gasteiger partial charge in [0.15, 0.2) is 0 Å². The van der Waals surface area contributed by atoms with Gasteiger partial charge in [0.05, 0.1) is 6.54 Å². The molecule has 110 valence electrons. The van der Waals surface area contributed by atoms with Gasteiger partial charge in [0.1, 0.15) is 6.61 Å². The number of anilines is 1. The molecule has 2 amide bonds. The van der Waals surface area contributed by atoms with E-state index in [1.165, 1.54) is 4.90 Å². The third-order valence-electron chi connectivity index (χ3n) is 2.63. The van der Waals surface area contributed by atoms with Gasteiger partial charge in [0.25, 0.3) is 0 Å². The van der Waals surface area contributed by atoms with Gasteiger partial charge in [-0.3, -0.25) is 9.59 Å². The first-order valence-corrected chi connectivity index (χ1v) is 6.51. The summed E-state index contributed by atoms with van der Waals surface area (Å²) in [5, 5.41) is 0. The molecule has 4 N–H and O–H groups in total. The zero-order chi connectivity index (χ0) is 15.0. The van der Waals surface area contributed by atoms with Crippen LogP contribution in [0.3, 0.4) is 0 Å². The Balaban J connectivity index is 2.65. The number of hydrogen-bond donors (Lipinski definition) is 2. The summed E-state index contributed by atoms with van der Waals surface area (Å²) in [5.41, 5.74) is 12.3. The largest absolute Gasteiger partial charge is 0.399 e. The number of nitrogen functional groups attached to an aromatic ring is 1. The van der Waals surface area contributed by atoms with Gasteiger partial charge >= 0.3 is 0 Å². The maximum absolute atomic E-state index is 12.0. The monoisotopic (exact) mass is 279 g/mol. The predicted octanol–water partition coefficient (Wildman–Crippen LogP) is 0.509. The van der Waals surface area contributed by atoms with Crippen molar-refractivity contribution in [1.29, 1.82) is 0 Å². The van der Waals surface area contributed by atoms with Gasteiger partial charge in [-0.15, -0.1) is 0 Å². The molecule has 20 heavy (non-hydrogen) atoms. The van der Waals surface area contributed by atoms with E-state index in [-0.39, 0.29) is 19.1 Å². The van der Waals surface area contributed by atoms with Crippen LogP contribution in [0.4, 0.5) is 5.69 Å². The van der Waals surface area contributed by atoms with Crippen molar-refractivity contribution in [3.8, 4) is 0 Å². The van der Waals surface area contributed by atoms with E-state index in [4.69, 9.17) is 16.2 Å². The standard InChI is InChI=1S/C14H21N3O3/c1-2-7-20-10-14(19)17(9-13(16)18)8-11-3-5-12(15)6-4-11/h3-6H,2,7-10,15H2,1H3,(H2,16,18). The summed E-state index contributed by atoms with van der Waals surface area (Å²) in [4.78, 5) is 24.4. The van der Waals surface area contributed by atoms with Crippen LogP contribution in [0.5, 0.6) is 0 Å². The smallest absolute Gasteiger partial charge is 0.249 e. The van der Waals surface area contributed by atoms with Crippen molar-refractivity contribution in [2.24, 2.45) is 5.73 Å². The molecule has 0 aromatic heterocycles. The minimum Gasteiger partial charge on any atom is -0.399 e. The Bertz CT molecular complexity index is 445. The number of nitrogens with zero attached hydrogens (tertiary/aromatic N) is 1. The number of benzene rings is 1. The van der Waals surface area contributed by atoms with Crippen LogP contribution >= 0.6 is 0 Å². The lowest BCUT2D eigenvalue weighted by atomic mass is 10.2. The minimum atomic E-state index is -0.552. The van der Waals surface area contributed by atoms with Gasteiger partial charge in [0.2, 0.25) is 11.8 Å². The Hall–Kier alpha value is -2.08. The van der Waals surface area contributed by atoms with Crippen LogP contribution in [-0.2, 0) is 20.9 Å². The number of ether oxygens (including phenoxy) is 1. The third kappa shape index (κ3) is 5.71. The number of primary amides is 1. The molecule has 0 aliphatic rings. The number of rotatable bonds is 8. The fourth-order valence-corrected chi connectivity index (χ4v) is 1.66. The molecule has 6 heteroatoms. The first-order chi connectivity index (χ1) is 9.52. The highest BCUT2D eigenvalue weighted by Crippen LogP contribution is 2.09. The molecule has 0 unspecified atom stereocenters. The van der Waals surface area contributed by atoms with Crippen molar-refractivity contribution in [3.63, 3.8) is 0 Å². The molecule has 0 bridgehead atoms. The number of amides is 2. The minimum absolute atomic E-state index is 0.0455. The van der Waals surface area contributed by atoms with E-state index in [0.717, 1.165) is 12.0 Å². The number of hydrogen-bond acceptors (Lipinski definition) is 4. The lowest BCUT2D eigenvalue weighted by Crippen LogP contribution is -2.40. The lowest BCUT2D eigenvalue weighted by Gasteiger charge is -2.21. The molecule has 6 nitrogen and oxygen atoms in total. The maximum atomic E-state index is 12.0. The summed E-state index contributed by atoms with van der Waals surface area (Å²) < 4.78 is 5.20. The van der Waals surface area contributed by atoms with Crippen molar-refractivity contribution >= 4 is 17.5 Å². The molecular weight excluding hydrogens is 258 g/mol. The Morgan fingerprint density at radius 2 is 1.90 bits per heavy atom. The molecule has 0 atom stereocenters. The highest BCUT2D eigenvalue weighted by Gasteiger charge is 2.16. The number of carbonyl (C=O) groups is 2. The normalized spacial score (nSPS) is 10.2. The van der Waals surface area contributed by atoms with Gasteiger partial charge in [-0.25, -0.2) is 0 Å². The highest BCUT2D eigenvalue weighted by molar-refractivity contribution is 5.84. The van der Waals surface area contributed by atoms with Crippen LogP contribution < -0.4 is 11.5 Å². The fourth-order valence-electron chi connectivity index (χ4n) is 1.66. The molecule has 0 radical (unpaired) electrons. The first kappa shape index (κ1) is 16.0. The Morgan fingerprint density at radius 1 is 1.25 bits per heavy atom. The van der Waals surface area contributed by atoms with Crippen LogP contribution in [-0.4, -0.2) is 36.5 Å². The van der Waals surface area contributed by atoms with Crippen LogP contribution in [0.2, 0.25) is 0 Å². The quantitative estimate of drug-likeness (QED) is 0.535. The summed E-state index contributed by atoms with van der Waals surface area (Å²) in [7, 11) is 0. The summed E-state index contributed by atoms with van der Waals surface area (Å²) >= 11 is 0. The molecular formula is C14H21N3O3. The number of nitrogens with two attached hydrogens (primary N) is 2. The molecule has 1 aromatic rings. The Kier molecular flexibility index (Phi) is 6.52. The summed E-state index contributed by atoms with van der Waals surface area (Å²) in [5.74, 6) is -0.807. The van der Waals surface area contributed by atoms with E-state index >= 15 is 0 Å². The average molecular weight is 279 g/mol. The number of carbonyl (C=O) groups excluding carboxylic acids is 2. The van der Waals surface area contributed by atoms with Gasteiger partial charge < -0.3 is 21.1 Å². The third-order valence-corrected chi connectivity index (χ3v) is 2.63. The molecule has 1 rings (SSSR count).